The van der Waals surface area contributed by atoms with Crippen LogP contribution in [-0.4, -0.2) is 22.7 Å². The van der Waals surface area contributed by atoms with Crippen molar-refractivity contribution in [1.82, 2.24) is 4.98 Å². The number of nitrogens with zero attached hydrogens (tertiary/aromatic N) is 2. The summed E-state index contributed by atoms with van der Waals surface area (Å²) in [5, 5.41) is 19.1. The lowest BCUT2D eigenvalue weighted by Crippen LogP contribution is -2.06. The second-order valence-electron chi connectivity index (χ2n) is 5.23. The van der Waals surface area contributed by atoms with E-state index in [9.17, 15) is 10.1 Å². The highest BCUT2D eigenvalue weighted by Crippen LogP contribution is 2.34. The Morgan fingerprint density at radius 1 is 1.50 bits per heavy atom. The second-order valence-corrected chi connectivity index (χ2v) is 6.23. The highest BCUT2D eigenvalue weighted by Gasteiger charge is 2.19. The van der Waals surface area contributed by atoms with E-state index in [1.165, 1.54) is 0 Å². The number of aromatic carboxylic acids is 1. The molecule has 0 unspecified atom stereocenters. The first kappa shape index (κ1) is 16.0. The quantitative estimate of drug-likeness (QED) is 0.908. The van der Waals surface area contributed by atoms with E-state index in [1.807, 2.05) is 13.8 Å². The molecular weight excluding hydrogens is 300 g/mol. The van der Waals surface area contributed by atoms with Gasteiger partial charge in [-0.3, -0.25) is 0 Å². The first-order valence-corrected chi connectivity index (χ1v) is 7.62. The summed E-state index contributed by atoms with van der Waals surface area (Å²) in [6.45, 7) is 6.21. The number of aryl methyl sites for hydroxylation is 1. The van der Waals surface area contributed by atoms with E-state index in [0.29, 0.717) is 40.1 Å². The van der Waals surface area contributed by atoms with E-state index >= 15 is 0 Å². The lowest BCUT2D eigenvalue weighted by molar-refractivity contribution is 0.0701. The molecule has 1 aromatic heterocycles. The third-order valence-corrected chi connectivity index (χ3v) is 4.11. The molecular formula is C16H16N2O3S. The van der Waals surface area contributed by atoms with Crippen molar-refractivity contribution < 1.29 is 14.6 Å². The summed E-state index contributed by atoms with van der Waals surface area (Å²) in [6.07, 6.45) is 0. The zero-order valence-corrected chi connectivity index (χ0v) is 13.4. The molecule has 0 radical (unpaired) electrons. The maximum Gasteiger partial charge on any atom is 0.347 e. The first-order chi connectivity index (χ1) is 10.4. The third kappa shape index (κ3) is 3.26. The Hall–Kier alpha value is -2.39. The number of aromatic nitrogens is 1. The fraction of sp³-hybridized carbons (Fsp3) is 0.312. The number of hydrogen-bond acceptors (Lipinski definition) is 5. The van der Waals surface area contributed by atoms with Crippen molar-refractivity contribution in [3.8, 4) is 22.4 Å². The lowest BCUT2D eigenvalue weighted by Gasteiger charge is -2.11. The molecule has 0 spiro atoms. The summed E-state index contributed by atoms with van der Waals surface area (Å²) in [5.41, 5.74) is 1.43. The Morgan fingerprint density at radius 3 is 2.77 bits per heavy atom. The van der Waals surface area contributed by atoms with E-state index in [0.717, 1.165) is 11.3 Å². The molecule has 0 amide bonds. The number of ether oxygens (including phenoxy) is 1. The minimum atomic E-state index is -1.01. The number of carboxylic acid groups (broad SMARTS) is 1. The molecule has 0 saturated carbocycles. The maximum absolute atomic E-state index is 11.1. The van der Waals surface area contributed by atoms with Crippen molar-refractivity contribution in [3.63, 3.8) is 0 Å². The van der Waals surface area contributed by atoms with E-state index in [4.69, 9.17) is 9.84 Å². The Kier molecular flexibility index (Phi) is 4.78. The van der Waals surface area contributed by atoms with Crippen LogP contribution in [0.3, 0.4) is 0 Å². The van der Waals surface area contributed by atoms with Gasteiger partial charge in [-0.15, -0.1) is 11.3 Å². The Labute approximate surface area is 132 Å². The van der Waals surface area contributed by atoms with Gasteiger partial charge in [0.2, 0.25) is 0 Å². The summed E-state index contributed by atoms with van der Waals surface area (Å²) in [4.78, 5) is 15.6. The smallest absolute Gasteiger partial charge is 0.347 e. The SMILES string of the molecule is Cc1nc(-c2cccc(OCC(C)C)c2C#N)sc1C(=O)O. The highest BCUT2D eigenvalue weighted by molar-refractivity contribution is 7.17. The van der Waals surface area contributed by atoms with Gasteiger partial charge >= 0.3 is 5.97 Å². The fourth-order valence-electron chi connectivity index (χ4n) is 1.91. The number of nitriles is 1. The van der Waals surface area contributed by atoms with Crippen molar-refractivity contribution in [2.45, 2.75) is 20.8 Å². The monoisotopic (exact) mass is 316 g/mol. The lowest BCUT2D eigenvalue weighted by atomic mass is 10.1. The van der Waals surface area contributed by atoms with E-state index < -0.39 is 5.97 Å². The van der Waals surface area contributed by atoms with Gasteiger partial charge in [-0.25, -0.2) is 9.78 Å². The number of hydrogen-bond donors (Lipinski definition) is 1. The molecule has 0 aliphatic rings. The number of carbonyl (C=O) groups is 1. The van der Waals surface area contributed by atoms with Gasteiger partial charge in [0.25, 0.3) is 0 Å². The van der Waals surface area contributed by atoms with Crippen LogP contribution >= 0.6 is 11.3 Å². The zero-order chi connectivity index (χ0) is 16.3. The molecule has 2 aromatic rings. The van der Waals surface area contributed by atoms with Crippen molar-refractivity contribution in [3.05, 3.63) is 34.3 Å². The van der Waals surface area contributed by atoms with Crippen LogP contribution in [0, 0.1) is 24.2 Å². The molecule has 0 saturated heterocycles. The van der Waals surface area contributed by atoms with Crippen molar-refractivity contribution in [1.29, 1.82) is 5.26 Å². The molecule has 5 nitrogen and oxygen atoms in total. The van der Waals surface area contributed by atoms with Crippen LogP contribution in [0.25, 0.3) is 10.6 Å². The summed E-state index contributed by atoms with van der Waals surface area (Å²) >= 11 is 1.07. The van der Waals surface area contributed by atoms with Crippen molar-refractivity contribution >= 4 is 17.3 Å². The largest absolute Gasteiger partial charge is 0.492 e. The van der Waals surface area contributed by atoms with Crippen LogP contribution in [0.2, 0.25) is 0 Å². The summed E-state index contributed by atoms with van der Waals surface area (Å²) in [7, 11) is 0. The van der Waals surface area contributed by atoms with Gasteiger partial charge in [-0.2, -0.15) is 5.26 Å². The average molecular weight is 316 g/mol. The maximum atomic E-state index is 11.1. The fourth-order valence-corrected chi connectivity index (χ4v) is 2.85. The number of thiazole rings is 1. The van der Waals surface area contributed by atoms with E-state index in [2.05, 4.69) is 11.1 Å². The zero-order valence-electron chi connectivity index (χ0n) is 12.6. The standard InChI is InChI=1S/C16H16N2O3S/c1-9(2)8-21-13-6-4-5-11(12(13)7-17)15-18-10(3)14(22-15)16(19)20/h4-6,9H,8H2,1-3H3,(H,19,20). The van der Waals surface area contributed by atoms with Crippen LogP contribution in [0.4, 0.5) is 0 Å². The molecule has 6 heteroatoms. The van der Waals surface area contributed by atoms with Gasteiger partial charge in [0, 0.05) is 5.56 Å². The number of rotatable bonds is 5. The molecule has 1 heterocycles. The molecule has 0 aliphatic heterocycles. The van der Waals surface area contributed by atoms with Gasteiger partial charge in [0.05, 0.1) is 12.3 Å². The Morgan fingerprint density at radius 2 is 2.23 bits per heavy atom. The van der Waals surface area contributed by atoms with Crippen molar-refractivity contribution in [2.24, 2.45) is 5.92 Å². The molecule has 0 aliphatic carbocycles. The normalized spacial score (nSPS) is 10.5. The average Bonchev–Trinajstić information content (AvgIpc) is 2.86. The highest BCUT2D eigenvalue weighted by atomic mass is 32.1. The minimum absolute atomic E-state index is 0.187. The Balaban J connectivity index is 2.47. The predicted molar refractivity (Wildman–Crippen MR) is 84.3 cm³/mol. The molecule has 114 valence electrons. The van der Waals surface area contributed by atoms with Gasteiger partial charge in [-0.1, -0.05) is 26.0 Å². The first-order valence-electron chi connectivity index (χ1n) is 6.81. The van der Waals surface area contributed by atoms with Crippen LogP contribution in [-0.2, 0) is 0 Å². The molecule has 2 rings (SSSR count). The minimum Gasteiger partial charge on any atom is -0.492 e. The van der Waals surface area contributed by atoms with Gasteiger partial charge in [0.1, 0.15) is 27.3 Å². The molecule has 0 fully saturated rings. The molecule has 0 bridgehead atoms. The van der Waals surface area contributed by atoms with Gasteiger partial charge in [0.15, 0.2) is 0 Å². The van der Waals surface area contributed by atoms with Crippen molar-refractivity contribution in [2.75, 3.05) is 6.61 Å². The number of benzene rings is 1. The number of carboxylic acids is 1. The predicted octanol–water partition coefficient (Wildman–Crippen LogP) is 3.72. The van der Waals surface area contributed by atoms with Gasteiger partial charge in [-0.05, 0) is 18.9 Å². The Bertz CT molecular complexity index is 744. The topological polar surface area (TPSA) is 83.2 Å². The summed E-state index contributed by atoms with van der Waals surface area (Å²) < 4.78 is 5.67. The molecule has 1 N–H and O–H groups in total. The van der Waals surface area contributed by atoms with Crippen LogP contribution < -0.4 is 4.74 Å². The van der Waals surface area contributed by atoms with E-state index in [-0.39, 0.29) is 4.88 Å². The molecule has 22 heavy (non-hydrogen) atoms. The van der Waals surface area contributed by atoms with Crippen LogP contribution in [0.1, 0.15) is 34.8 Å². The molecule has 0 atom stereocenters. The second kappa shape index (κ2) is 6.58. The summed E-state index contributed by atoms with van der Waals surface area (Å²) in [6, 6.07) is 7.41. The van der Waals surface area contributed by atoms with E-state index in [1.54, 1.807) is 25.1 Å². The third-order valence-electron chi connectivity index (χ3n) is 2.93. The van der Waals surface area contributed by atoms with Crippen LogP contribution in [0.15, 0.2) is 18.2 Å². The van der Waals surface area contributed by atoms with Gasteiger partial charge < -0.3 is 9.84 Å². The van der Waals surface area contributed by atoms with Crippen LogP contribution in [0.5, 0.6) is 5.75 Å². The summed E-state index contributed by atoms with van der Waals surface area (Å²) in [5.74, 6) is -0.165. The molecule has 1 aromatic carbocycles.